The van der Waals surface area contributed by atoms with E-state index in [-0.39, 0.29) is 23.1 Å². The Morgan fingerprint density at radius 3 is 2.56 bits per heavy atom. The largest absolute Gasteiger partial charge is 0.349 e. The summed E-state index contributed by atoms with van der Waals surface area (Å²) >= 11 is 1.70. The van der Waals surface area contributed by atoms with E-state index in [0.717, 1.165) is 48.5 Å². The third-order valence-electron chi connectivity index (χ3n) is 5.16. The summed E-state index contributed by atoms with van der Waals surface area (Å²) in [6.45, 7) is 3.96. The third-order valence-corrected chi connectivity index (χ3v) is 6.39. The van der Waals surface area contributed by atoms with Gasteiger partial charge in [-0.2, -0.15) is 0 Å². The van der Waals surface area contributed by atoms with E-state index < -0.39 is 0 Å². The molecule has 1 amide bonds. The summed E-state index contributed by atoms with van der Waals surface area (Å²) < 4.78 is 1.59. The van der Waals surface area contributed by atoms with Crippen LogP contribution in [0, 0.1) is 6.92 Å². The molecule has 0 unspecified atom stereocenters. The van der Waals surface area contributed by atoms with Crippen molar-refractivity contribution >= 4 is 17.7 Å². The van der Waals surface area contributed by atoms with E-state index in [1.807, 2.05) is 19.9 Å². The normalized spacial score (nSPS) is 19.7. The number of hydrogen-bond donors (Lipinski definition) is 1. The Morgan fingerprint density at radius 1 is 1.26 bits per heavy atom. The Hall–Kier alpha value is -2.15. The van der Waals surface area contributed by atoms with Crippen molar-refractivity contribution in [3.05, 3.63) is 51.7 Å². The van der Waals surface area contributed by atoms with Crippen LogP contribution in [-0.2, 0) is 13.5 Å². The van der Waals surface area contributed by atoms with E-state index in [9.17, 15) is 9.59 Å². The number of carbonyl (C=O) groups is 1. The predicted octanol–water partition coefficient (Wildman–Crippen LogP) is 2.88. The second-order valence-corrected chi connectivity index (χ2v) is 8.27. The molecule has 2 heterocycles. The maximum Gasteiger partial charge on any atom is 0.263 e. The molecule has 6 nitrogen and oxygen atoms in total. The Kier molecular flexibility index (Phi) is 6.31. The maximum atomic E-state index is 12.7. The van der Waals surface area contributed by atoms with E-state index in [4.69, 9.17) is 0 Å². The Balaban J connectivity index is 1.59. The summed E-state index contributed by atoms with van der Waals surface area (Å²) in [6, 6.07) is 3.65. The van der Waals surface area contributed by atoms with Crippen molar-refractivity contribution in [3.63, 3.8) is 0 Å². The average Bonchev–Trinajstić information content (AvgIpc) is 2.67. The van der Waals surface area contributed by atoms with Crippen molar-refractivity contribution in [1.82, 2.24) is 19.9 Å². The van der Waals surface area contributed by atoms with E-state index in [0.29, 0.717) is 5.25 Å². The van der Waals surface area contributed by atoms with Crippen LogP contribution in [0.1, 0.15) is 54.2 Å². The molecule has 1 saturated carbocycles. The number of hydrogen-bond acceptors (Lipinski definition) is 5. The average molecular weight is 387 g/mol. The molecule has 0 saturated heterocycles. The number of carbonyl (C=O) groups excluding carboxylic acids is 1. The number of rotatable bonds is 5. The standard InChI is InChI=1S/C20H26N4O2S/c1-4-17-13(2)12-16(19(26)24(17)3)18(25)23-14-6-8-15(9-7-14)27-20-21-10-5-11-22-20/h5,10-12,14-15H,4,6-9H2,1-3H3,(H,23,25). The molecule has 27 heavy (non-hydrogen) atoms. The Morgan fingerprint density at radius 2 is 1.93 bits per heavy atom. The van der Waals surface area contributed by atoms with Gasteiger partial charge in [-0.3, -0.25) is 9.59 Å². The zero-order valence-electron chi connectivity index (χ0n) is 16.1. The predicted molar refractivity (Wildman–Crippen MR) is 107 cm³/mol. The number of aryl methyl sites for hydroxylation is 1. The quantitative estimate of drug-likeness (QED) is 0.800. The lowest BCUT2D eigenvalue weighted by Crippen LogP contribution is -2.41. The zero-order chi connectivity index (χ0) is 19.4. The van der Waals surface area contributed by atoms with Crippen molar-refractivity contribution in [1.29, 1.82) is 0 Å². The summed E-state index contributed by atoms with van der Waals surface area (Å²) in [4.78, 5) is 33.7. The second-order valence-electron chi connectivity index (χ2n) is 7.00. The molecule has 3 rings (SSSR count). The number of nitrogens with zero attached hydrogens (tertiary/aromatic N) is 3. The van der Waals surface area contributed by atoms with Gasteiger partial charge in [0, 0.05) is 36.4 Å². The van der Waals surface area contributed by atoms with Gasteiger partial charge in [-0.25, -0.2) is 9.97 Å². The van der Waals surface area contributed by atoms with Gasteiger partial charge in [-0.1, -0.05) is 18.7 Å². The number of aromatic nitrogens is 3. The van der Waals surface area contributed by atoms with Gasteiger partial charge in [-0.15, -0.1) is 0 Å². The summed E-state index contributed by atoms with van der Waals surface area (Å²) in [5.41, 5.74) is 1.96. The minimum Gasteiger partial charge on any atom is -0.349 e. The number of nitrogens with one attached hydrogen (secondary N) is 1. The molecule has 0 bridgehead atoms. The minimum atomic E-state index is -0.260. The topological polar surface area (TPSA) is 76.9 Å². The van der Waals surface area contributed by atoms with E-state index in [1.165, 1.54) is 0 Å². The molecule has 1 N–H and O–H groups in total. The van der Waals surface area contributed by atoms with Gasteiger partial charge < -0.3 is 9.88 Å². The molecule has 0 aliphatic heterocycles. The molecule has 0 aromatic carbocycles. The first-order valence-electron chi connectivity index (χ1n) is 9.43. The smallest absolute Gasteiger partial charge is 0.263 e. The second kappa shape index (κ2) is 8.69. The lowest BCUT2D eigenvalue weighted by atomic mass is 9.94. The number of amides is 1. The fraction of sp³-hybridized carbons (Fsp3) is 0.500. The minimum absolute atomic E-state index is 0.113. The fourth-order valence-electron chi connectivity index (χ4n) is 3.69. The van der Waals surface area contributed by atoms with Crippen LogP contribution in [0.15, 0.2) is 34.5 Å². The summed E-state index contributed by atoms with van der Waals surface area (Å²) in [6.07, 6.45) is 8.10. The first-order valence-corrected chi connectivity index (χ1v) is 10.3. The summed E-state index contributed by atoms with van der Waals surface area (Å²) in [5, 5.41) is 4.34. The molecule has 1 aliphatic carbocycles. The van der Waals surface area contributed by atoms with Crippen molar-refractivity contribution in [2.45, 2.75) is 62.4 Å². The SMILES string of the molecule is CCc1c(C)cc(C(=O)NC2CCC(Sc3ncccn3)CC2)c(=O)n1C. The highest BCUT2D eigenvalue weighted by atomic mass is 32.2. The third kappa shape index (κ3) is 4.58. The molecule has 0 radical (unpaired) electrons. The van der Waals surface area contributed by atoms with Crippen molar-refractivity contribution in [2.24, 2.45) is 7.05 Å². The zero-order valence-corrected chi connectivity index (χ0v) is 16.9. The first kappa shape index (κ1) is 19.6. The van der Waals surface area contributed by atoms with Crippen LogP contribution < -0.4 is 10.9 Å². The Bertz CT molecular complexity index is 858. The molecule has 0 atom stereocenters. The fourth-order valence-corrected chi connectivity index (χ4v) is 4.74. The lowest BCUT2D eigenvalue weighted by Gasteiger charge is -2.28. The van der Waals surface area contributed by atoms with Crippen molar-refractivity contribution in [2.75, 3.05) is 0 Å². The monoisotopic (exact) mass is 386 g/mol. The van der Waals surface area contributed by atoms with Gasteiger partial charge >= 0.3 is 0 Å². The van der Waals surface area contributed by atoms with E-state index in [2.05, 4.69) is 15.3 Å². The van der Waals surface area contributed by atoms with Gasteiger partial charge in [0.05, 0.1) is 0 Å². The maximum absolute atomic E-state index is 12.7. The molecule has 0 spiro atoms. The van der Waals surface area contributed by atoms with Crippen LogP contribution in [0.3, 0.4) is 0 Å². The molecule has 1 aliphatic rings. The van der Waals surface area contributed by atoms with Crippen molar-refractivity contribution < 1.29 is 4.79 Å². The van der Waals surface area contributed by atoms with Crippen molar-refractivity contribution in [3.8, 4) is 0 Å². The van der Waals surface area contributed by atoms with Gasteiger partial charge in [0.25, 0.3) is 11.5 Å². The van der Waals surface area contributed by atoms with E-state index >= 15 is 0 Å². The summed E-state index contributed by atoms with van der Waals surface area (Å²) in [7, 11) is 1.74. The highest BCUT2D eigenvalue weighted by molar-refractivity contribution is 7.99. The number of thioether (sulfide) groups is 1. The van der Waals surface area contributed by atoms with Crippen LogP contribution in [0.2, 0.25) is 0 Å². The molecule has 1 fully saturated rings. The lowest BCUT2D eigenvalue weighted by molar-refractivity contribution is 0.0926. The van der Waals surface area contributed by atoms with Gasteiger partial charge in [0.1, 0.15) is 5.56 Å². The molecule has 2 aromatic rings. The van der Waals surface area contributed by atoms with Gasteiger partial charge in [-0.05, 0) is 56.7 Å². The van der Waals surface area contributed by atoms with Crippen LogP contribution in [0.25, 0.3) is 0 Å². The van der Waals surface area contributed by atoms with Crippen LogP contribution in [0.5, 0.6) is 0 Å². The number of pyridine rings is 1. The van der Waals surface area contributed by atoms with Crippen LogP contribution >= 0.6 is 11.8 Å². The van der Waals surface area contributed by atoms with E-state index in [1.54, 1.807) is 41.8 Å². The van der Waals surface area contributed by atoms with Gasteiger partial charge in [0.2, 0.25) is 0 Å². The molecular formula is C20H26N4O2S. The summed E-state index contributed by atoms with van der Waals surface area (Å²) in [5.74, 6) is -0.260. The molecule has 144 valence electrons. The molecular weight excluding hydrogens is 360 g/mol. The van der Waals surface area contributed by atoms with Gasteiger partial charge in [0.15, 0.2) is 5.16 Å². The first-order chi connectivity index (χ1) is 13.0. The highest BCUT2D eigenvalue weighted by Gasteiger charge is 2.25. The molecule has 2 aromatic heterocycles. The van der Waals surface area contributed by atoms with Crippen LogP contribution in [-0.4, -0.2) is 31.7 Å². The molecule has 7 heteroatoms. The van der Waals surface area contributed by atoms with Crippen LogP contribution in [0.4, 0.5) is 0 Å². The highest BCUT2D eigenvalue weighted by Crippen LogP contribution is 2.31. The Labute approximate surface area is 163 Å².